The topological polar surface area (TPSA) is 78.9 Å². The van der Waals surface area contributed by atoms with E-state index in [9.17, 15) is 22.8 Å². The van der Waals surface area contributed by atoms with Gasteiger partial charge in [0, 0.05) is 6.08 Å². The van der Waals surface area contributed by atoms with Crippen molar-refractivity contribution in [3.05, 3.63) is 35.5 Å². The van der Waals surface area contributed by atoms with Crippen LogP contribution in [0.25, 0.3) is 0 Å². The highest BCUT2D eigenvalue weighted by molar-refractivity contribution is 6.17. The fraction of sp³-hybridized carbons (Fsp3) is 0.286. The summed E-state index contributed by atoms with van der Waals surface area (Å²) in [4.78, 5) is 24.4. The first-order chi connectivity index (χ1) is 10.7. The van der Waals surface area contributed by atoms with E-state index in [1.54, 1.807) is 6.92 Å². The van der Waals surface area contributed by atoms with Crippen LogP contribution in [0, 0.1) is 6.92 Å². The van der Waals surface area contributed by atoms with E-state index in [2.05, 4.69) is 10.1 Å². The van der Waals surface area contributed by atoms with Crippen LogP contribution in [0.5, 0.6) is 5.75 Å². The third kappa shape index (κ3) is 4.01. The molecule has 23 heavy (non-hydrogen) atoms. The van der Waals surface area contributed by atoms with Gasteiger partial charge >= 0.3 is 6.36 Å². The Morgan fingerprint density at radius 1 is 1.30 bits per heavy atom. The van der Waals surface area contributed by atoms with Crippen LogP contribution in [0.15, 0.2) is 30.0 Å². The van der Waals surface area contributed by atoms with E-state index in [-0.39, 0.29) is 17.9 Å². The Balaban J connectivity index is 2.26. The molecule has 0 unspecified atom stereocenters. The molecular weight excluding hydrogens is 317 g/mol. The molecule has 1 aliphatic heterocycles. The van der Waals surface area contributed by atoms with E-state index >= 15 is 0 Å². The minimum absolute atomic E-state index is 0.0967. The monoisotopic (exact) mass is 330 g/mol. The predicted octanol–water partition coefficient (Wildman–Crippen LogP) is 1.55. The summed E-state index contributed by atoms with van der Waals surface area (Å²) in [5.74, 6) is -1.91. The van der Waals surface area contributed by atoms with Gasteiger partial charge in [-0.3, -0.25) is 14.5 Å². The maximum atomic E-state index is 12.4. The number of carbonyl (C=O) groups excluding carboxylic acids is 2. The quantitative estimate of drug-likeness (QED) is 0.801. The molecule has 1 aliphatic rings. The maximum Gasteiger partial charge on any atom is 0.573 e. The number of alkyl halides is 3. The first-order valence-corrected chi connectivity index (χ1v) is 6.53. The zero-order valence-corrected chi connectivity index (χ0v) is 12.0. The number of aryl methyl sites for hydroxylation is 1. The molecule has 1 heterocycles. The van der Waals surface area contributed by atoms with Crippen LogP contribution in [-0.4, -0.2) is 41.3 Å². The highest BCUT2D eigenvalue weighted by Crippen LogP contribution is 2.32. The number of benzene rings is 1. The van der Waals surface area contributed by atoms with Gasteiger partial charge in [-0.05, 0) is 24.6 Å². The van der Waals surface area contributed by atoms with E-state index in [4.69, 9.17) is 5.11 Å². The van der Waals surface area contributed by atoms with Gasteiger partial charge in [-0.1, -0.05) is 6.07 Å². The van der Waals surface area contributed by atoms with Gasteiger partial charge in [0.05, 0.1) is 18.8 Å². The molecule has 124 valence electrons. The molecular formula is C14H13F3N2O4. The average molecular weight is 330 g/mol. The maximum absolute atomic E-state index is 12.4. The summed E-state index contributed by atoms with van der Waals surface area (Å²) in [6.45, 7) is 1.04. The molecule has 2 rings (SSSR count). The summed E-state index contributed by atoms with van der Waals surface area (Å²) in [7, 11) is 0. The SMILES string of the molecule is Cc1ccc(OC(F)(F)F)c(NC2=CC(=O)N(CCO)C2=O)c1. The zero-order valence-electron chi connectivity index (χ0n) is 12.0. The van der Waals surface area contributed by atoms with E-state index < -0.39 is 30.5 Å². The Bertz CT molecular complexity index is 670. The second-order valence-electron chi connectivity index (χ2n) is 4.75. The number of β-amino-alcohol motifs (C(OH)–C–C–N with tert-alkyl or cyclic N) is 1. The number of carbonyl (C=O) groups is 2. The number of rotatable bonds is 5. The number of imide groups is 1. The third-order valence-corrected chi connectivity index (χ3v) is 2.96. The van der Waals surface area contributed by atoms with E-state index in [0.717, 1.165) is 17.0 Å². The number of amides is 2. The van der Waals surface area contributed by atoms with Gasteiger partial charge in [0.1, 0.15) is 5.70 Å². The van der Waals surface area contributed by atoms with Gasteiger partial charge in [0.2, 0.25) is 0 Å². The third-order valence-electron chi connectivity index (χ3n) is 2.96. The lowest BCUT2D eigenvalue weighted by molar-refractivity contribution is -0.274. The fourth-order valence-corrected chi connectivity index (χ4v) is 2.01. The van der Waals surface area contributed by atoms with E-state index in [1.165, 1.54) is 12.1 Å². The largest absolute Gasteiger partial charge is 0.573 e. The van der Waals surface area contributed by atoms with Gasteiger partial charge in [-0.2, -0.15) is 0 Å². The lowest BCUT2D eigenvalue weighted by Crippen LogP contribution is -2.34. The van der Waals surface area contributed by atoms with Crippen molar-refractivity contribution in [2.45, 2.75) is 13.3 Å². The van der Waals surface area contributed by atoms with Crippen LogP contribution in [0.2, 0.25) is 0 Å². The lowest BCUT2D eigenvalue weighted by atomic mass is 10.2. The second-order valence-corrected chi connectivity index (χ2v) is 4.75. The van der Waals surface area contributed by atoms with Gasteiger partial charge in [-0.25, -0.2) is 0 Å². The summed E-state index contributed by atoms with van der Waals surface area (Å²) in [5, 5.41) is 11.3. The van der Waals surface area contributed by atoms with Crippen LogP contribution in [0.4, 0.5) is 18.9 Å². The first-order valence-electron chi connectivity index (χ1n) is 6.53. The molecule has 2 N–H and O–H groups in total. The van der Waals surface area contributed by atoms with Crippen molar-refractivity contribution in [2.24, 2.45) is 0 Å². The van der Waals surface area contributed by atoms with E-state index in [0.29, 0.717) is 5.56 Å². The van der Waals surface area contributed by atoms with Crippen LogP contribution in [0.3, 0.4) is 0 Å². The van der Waals surface area contributed by atoms with Crippen molar-refractivity contribution in [3.63, 3.8) is 0 Å². The Labute approximate surface area is 129 Å². The van der Waals surface area contributed by atoms with E-state index in [1.807, 2.05) is 0 Å². The first kappa shape index (κ1) is 16.8. The van der Waals surface area contributed by atoms with Gasteiger partial charge < -0.3 is 15.2 Å². The van der Waals surface area contributed by atoms with Crippen molar-refractivity contribution < 1.29 is 32.6 Å². The number of ether oxygens (including phenoxy) is 1. The molecule has 1 aromatic rings. The number of nitrogens with zero attached hydrogens (tertiary/aromatic N) is 1. The molecule has 0 spiro atoms. The van der Waals surface area contributed by atoms with Crippen LogP contribution in [0.1, 0.15) is 5.56 Å². The lowest BCUT2D eigenvalue weighted by Gasteiger charge is -2.16. The Morgan fingerprint density at radius 3 is 2.61 bits per heavy atom. The average Bonchev–Trinajstić information content (AvgIpc) is 2.69. The number of hydrogen-bond acceptors (Lipinski definition) is 5. The molecule has 1 aromatic carbocycles. The molecule has 2 amide bonds. The van der Waals surface area contributed by atoms with Crippen LogP contribution in [-0.2, 0) is 9.59 Å². The molecule has 0 aliphatic carbocycles. The number of anilines is 1. The van der Waals surface area contributed by atoms with Crippen molar-refractivity contribution in [3.8, 4) is 5.75 Å². The number of hydrogen-bond donors (Lipinski definition) is 2. The van der Waals surface area contributed by atoms with Crippen LogP contribution >= 0.6 is 0 Å². The molecule has 0 saturated heterocycles. The normalized spacial score (nSPS) is 15.0. The summed E-state index contributed by atoms with van der Waals surface area (Å²) in [5.41, 5.74) is 0.341. The summed E-state index contributed by atoms with van der Waals surface area (Å²) >= 11 is 0. The zero-order chi connectivity index (χ0) is 17.2. The minimum Gasteiger partial charge on any atom is -0.404 e. The number of aliphatic hydroxyl groups is 1. The molecule has 0 atom stereocenters. The highest BCUT2D eigenvalue weighted by Gasteiger charge is 2.34. The molecule has 0 radical (unpaired) electrons. The Hall–Kier alpha value is -2.55. The predicted molar refractivity (Wildman–Crippen MR) is 73.4 cm³/mol. The number of nitrogens with one attached hydrogen (secondary N) is 1. The van der Waals surface area contributed by atoms with Crippen LogP contribution < -0.4 is 10.1 Å². The molecule has 0 fully saturated rings. The molecule has 0 saturated carbocycles. The van der Waals surface area contributed by atoms with Crippen molar-refractivity contribution >= 4 is 17.5 Å². The van der Waals surface area contributed by atoms with Crippen molar-refractivity contribution in [1.29, 1.82) is 0 Å². The van der Waals surface area contributed by atoms with Crippen molar-refractivity contribution in [1.82, 2.24) is 4.90 Å². The van der Waals surface area contributed by atoms with Gasteiger partial charge in [0.15, 0.2) is 5.75 Å². The molecule has 0 bridgehead atoms. The summed E-state index contributed by atoms with van der Waals surface area (Å²) in [6, 6.07) is 3.88. The number of halogens is 3. The molecule has 6 nitrogen and oxygen atoms in total. The van der Waals surface area contributed by atoms with Crippen molar-refractivity contribution in [2.75, 3.05) is 18.5 Å². The van der Waals surface area contributed by atoms with Gasteiger partial charge in [-0.15, -0.1) is 13.2 Å². The summed E-state index contributed by atoms with van der Waals surface area (Å²) in [6.07, 6.45) is -3.93. The standard InChI is InChI=1S/C14H13F3N2O4/c1-8-2-3-11(23-14(15,16)17)9(6-8)18-10-7-12(21)19(4-5-20)13(10)22/h2-3,6-7,18,20H,4-5H2,1H3. The Kier molecular flexibility index (Phi) is 4.60. The molecule has 0 aromatic heterocycles. The Morgan fingerprint density at radius 2 is 2.00 bits per heavy atom. The smallest absolute Gasteiger partial charge is 0.404 e. The fourth-order valence-electron chi connectivity index (χ4n) is 2.01. The minimum atomic E-state index is -4.89. The van der Waals surface area contributed by atoms with Gasteiger partial charge in [0.25, 0.3) is 11.8 Å². The number of aliphatic hydroxyl groups excluding tert-OH is 1. The highest BCUT2D eigenvalue weighted by atomic mass is 19.4. The summed E-state index contributed by atoms with van der Waals surface area (Å²) < 4.78 is 41.1. The molecule has 9 heteroatoms. The second kappa shape index (κ2) is 6.29.